The Morgan fingerprint density at radius 2 is 1.21 bits per heavy atom. The lowest BCUT2D eigenvalue weighted by Gasteiger charge is -2.70. The van der Waals surface area contributed by atoms with Gasteiger partial charge in [-0.1, -0.05) is 39.3 Å². The second-order valence-electron chi connectivity index (χ2n) is 25.0. The third-order valence-corrected chi connectivity index (χ3v) is 20.5. The van der Waals surface area contributed by atoms with E-state index < -0.39 is 159 Å². The van der Waals surface area contributed by atoms with Crippen molar-refractivity contribution in [1.82, 2.24) is 0 Å². The third kappa shape index (κ3) is 10.6. The topological polar surface area (TPSA) is 357 Å². The summed E-state index contributed by atoms with van der Waals surface area (Å²) in [4.78, 5) is 0. The number of hydrogen-bond donors (Lipinski definition) is 14. The van der Waals surface area contributed by atoms with Gasteiger partial charge in [0.1, 0.15) is 85.5 Å². The smallest absolute Gasteiger partial charge is 0.187 e. The number of allylic oxidation sites excluding steroid dienone is 2. The van der Waals surface area contributed by atoms with E-state index in [1.54, 1.807) is 0 Å². The third-order valence-electron chi connectivity index (χ3n) is 20.5. The van der Waals surface area contributed by atoms with Crippen molar-refractivity contribution >= 4 is 0 Å². The van der Waals surface area contributed by atoms with E-state index in [4.69, 9.17) is 37.9 Å². The van der Waals surface area contributed by atoms with E-state index in [0.717, 1.165) is 31.3 Å². The van der Waals surface area contributed by atoms with Crippen LogP contribution in [-0.4, -0.2) is 233 Å². The second kappa shape index (κ2) is 23.0. The molecule has 0 spiro atoms. The first-order valence-electron chi connectivity index (χ1n) is 27.4. The molecule has 4 heterocycles. The summed E-state index contributed by atoms with van der Waals surface area (Å²) < 4.78 is 49.0. The molecule has 4 aliphatic carbocycles. The van der Waals surface area contributed by atoms with Crippen LogP contribution in [0.4, 0.5) is 0 Å². The SMILES string of the molecule is CC(C)=CCC[C@@](O)(CO[C@H]1O[C@@H](CO)[C@H](O)[C@@H](O)[C@@H]1O)[C@@H]1CC[C@]2(C)[C@H]1CC[C@@H]1[C@]3(CO)CC[C@@H](O[C@@H]4O[C@H](CO)[C@@H](O)[C@H](O[C@H]5OC[C@H](O)[C@@H](O)[C@@H]5O)[C@H]4O[C@H]4O[C@@H](C)[C@H](O)[C@@H](O)[C@@H]4O)C(C)(C)[C@@H]3CC[C@]12C. The number of hydrogen-bond acceptors (Lipinski definition) is 22. The quantitative estimate of drug-likeness (QED) is 0.0614. The van der Waals surface area contributed by atoms with Gasteiger partial charge in [-0.2, -0.15) is 0 Å². The molecule has 28 atom stereocenters. The molecule has 8 fully saturated rings. The van der Waals surface area contributed by atoms with Crippen LogP contribution in [0.25, 0.3) is 0 Å². The Labute approximate surface area is 439 Å². The number of rotatable bonds is 16. The van der Waals surface area contributed by atoms with Gasteiger partial charge in [0.25, 0.3) is 0 Å². The molecule has 0 aromatic carbocycles. The van der Waals surface area contributed by atoms with E-state index in [1.165, 1.54) is 6.92 Å². The van der Waals surface area contributed by atoms with Crippen molar-refractivity contribution in [2.24, 2.45) is 45.3 Å². The molecule has 4 aliphatic heterocycles. The molecular weight excluding hydrogens is 989 g/mol. The average Bonchev–Trinajstić information content (AvgIpc) is 3.74. The summed E-state index contributed by atoms with van der Waals surface area (Å²) in [5.41, 5.74) is -2.12. The van der Waals surface area contributed by atoms with Gasteiger partial charge in [-0.3, -0.25) is 0 Å². The number of aliphatic hydroxyl groups is 14. The second-order valence-corrected chi connectivity index (χ2v) is 25.0. The highest BCUT2D eigenvalue weighted by molar-refractivity contribution is 5.20. The lowest BCUT2D eigenvalue weighted by Crippen LogP contribution is -2.68. The highest BCUT2D eigenvalue weighted by Gasteiger charge is 2.71. The highest BCUT2D eigenvalue weighted by atomic mass is 16.8. The first kappa shape index (κ1) is 60.0. The molecule has 14 N–H and O–H groups in total. The maximum atomic E-state index is 12.9. The van der Waals surface area contributed by atoms with Crippen molar-refractivity contribution in [2.45, 2.75) is 241 Å². The number of fused-ring (bicyclic) bond motifs is 5. The molecule has 8 rings (SSSR count). The zero-order chi connectivity index (χ0) is 54.9. The molecule has 0 amide bonds. The number of ether oxygens (including phenoxy) is 8. The molecule has 0 aromatic rings. The minimum Gasteiger partial charge on any atom is -0.396 e. The Kier molecular flexibility index (Phi) is 18.4. The fraction of sp³-hybridized carbons (Fsp3) is 0.962. The lowest BCUT2D eigenvalue weighted by atomic mass is 9.35. The maximum Gasteiger partial charge on any atom is 0.187 e. The molecule has 8 aliphatic rings. The van der Waals surface area contributed by atoms with Crippen molar-refractivity contribution in [3.05, 3.63) is 11.6 Å². The van der Waals surface area contributed by atoms with Gasteiger partial charge in [0.2, 0.25) is 0 Å². The molecule has 0 radical (unpaired) electrons. The van der Waals surface area contributed by atoms with Crippen molar-refractivity contribution in [2.75, 3.05) is 33.0 Å². The molecule has 4 saturated heterocycles. The first-order valence-corrected chi connectivity index (χ1v) is 27.4. The monoisotopic (exact) mass is 1080 g/mol. The predicted molar refractivity (Wildman–Crippen MR) is 260 cm³/mol. The van der Waals surface area contributed by atoms with Gasteiger partial charge in [-0.25, -0.2) is 0 Å². The Morgan fingerprint density at radius 3 is 1.88 bits per heavy atom. The van der Waals surface area contributed by atoms with Crippen molar-refractivity contribution in [1.29, 1.82) is 0 Å². The average molecular weight is 1080 g/mol. The summed E-state index contributed by atoms with van der Waals surface area (Å²) in [5.74, 6) is -0.228. The minimum absolute atomic E-state index is 0.0479. The van der Waals surface area contributed by atoms with Gasteiger partial charge in [0, 0.05) is 12.0 Å². The van der Waals surface area contributed by atoms with Gasteiger partial charge < -0.3 is 109 Å². The van der Waals surface area contributed by atoms with E-state index in [9.17, 15) is 71.5 Å². The standard InChI is InChI=1S/C53H90O22/c1-24(2)9-8-15-53(67,23-69-46-41(65)39(63)36(60)29(19-54)71-46)27-12-16-50(6)26(27)10-11-32-51(50,7)17-13-31-49(4,5)33(14-18-52(31,32)22-56)73-48-44(75-47-42(66)38(62)34(58)25(3)70-47)43(37(61)30(20-55)72-48)74-45-40(64)35(59)28(57)21-68-45/h9,25-48,54-67H,8,10-23H2,1-7H3/t25-,26-,27+,28-,29-,30+,31-,32-,33+,34-,35+,36-,37+,38+,39+,40-,41-,42-,43-,44+,45+,46-,47+,48-,50+,51+,52-,53+/m0/s1. The lowest BCUT2D eigenvalue weighted by molar-refractivity contribution is -0.395. The highest BCUT2D eigenvalue weighted by Crippen LogP contribution is 2.76. The van der Waals surface area contributed by atoms with Crippen molar-refractivity contribution in [3.8, 4) is 0 Å². The summed E-state index contributed by atoms with van der Waals surface area (Å²) in [6.07, 6.45) is -21.3. The van der Waals surface area contributed by atoms with Gasteiger partial charge in [-0.05, 0) is 125 Å². The van der Waals surface area contributed by atoms with Crippen molar-refractivity contribution < 1.29 is 109 Å². The van der Waals surface area contributed by atoms with E-state index in [0.29, 0.717) is 38.5 Å². The van der Waals surface area contributed by atoms with Crippen LogP contribution in [0.5, 0.6) is 0 Å². The Morgan fingerprint density at radius 1 is 0.600 bits per heavy atom. The Bertz CT molecular complexity index is 1930. The molecule has 0 bridgehead atoms. The van der Waals surface area contributed by atoms with Crippen LogP contribution in [-0.2, 0) is 37.9 Å². The van der Waals surface area contributed by atoms with Gasteiger partial charge in [0.05, 0.1) is 44.2 Å². The first-order chi connectivity index (χ1) is 35.2. The van der Waals surface area contributed by atoms with Crippen LogP contribution in [0, 0.1) is 45.3 Å². The number of aliphatic hydroxyl groups excluding tert-OH is 13. The molecule has 75 heavy (non-hydrogen) atoms. The van der Waals surface area contributed by atoms with E-state index in [-0.39, 0.29) is 47.7 Å². The maximum absolute atomic E-state index is 12.9. The van der Waals surface area contributed by atoms with Crippen LogP contribution in [0.1, 0.15) is 113 Å². The zero-order valence-electron chi connectivity index (χ0n) is 44.6. The van der Waals surface area contributed by atoms with Crippen LogP contribution >= 0.6 is 0 Å². The van der Waals surface area contributed by atoms with E-state index >= 15 is 0 Å². The predicted octanol–water partition coefficient (Wildman–Crippen LogP) is -1.56. The Balaban J connectivity index is 1.04. The summed E-state index contributed by atoms with van der Waals surface area (Å²) >= 11 is 0. The molecule has 22 nitrogen and oxygen atoms in total. The van der Waals surface area contributed by atoms with E-state index in [1.807, 2.05) is 13.8 Å². The molecule has 4 saturated carbocycles. The van der Waals surface area contributed by atoms with Crippen LogP contribution in [0.2, 0.25) is 0 Å². The normalized spacial score (nSPS) is 51.7. The summed E-state index contributed by atoms with van der Waals surface area (Å²) in [6, 6.07) is 0. The largest absolute Gasteiger partial charge is 0.396 e. The molecule has 22 heteroatoms. The van der Waals surface area contributed by atoms with Gasteiger partial charge in [0.15, 0.2) is 25.2 Å². The van der Waals surface area contributed by atoms with Crippen molar-refractivity contribution in [3.63, 3.8) is 0 Å². The fourth-order valence-corrected chi connectivity index (χ4v) is 15.9. The summed E-state index contributed by atoms with van der Waals surface area (Å²) in [6.45, 7) is 12.2. The van der Waals surface area contributed by atoms with Crippen LogP contribution in [0.15, 0.2) is 11.6 Å². The van der Waals surface area contributed by atoms with Gasteiger partial charge >= 0.3 is 0 Å². The molecule has 0 unspecified atom stereocenters. The Hall–Kier alpha value is -1.14. The summed E-state index contributed by atoms with van der Waals surface area (Å²) in [7, 11) is 0. The fourth-order valence-electron chi connectivity index (χ4n) is 15.9. The molecule has 0 aromatic heterocycles. The molecule has 434 valence electrons. The molecular formula is C53H90O22. The summed E-state index contributed by atoms with van der Waals surface area (Å²) in [5, 5.41) is 153. The van der Waals surface area contributed by atoms with Gasteiger partial charge in [-0.15, -0.1) is 0 Å². The van der Waals surface area contributed by atoms with Crippen LogP contribution < -0.4 is 0 Å². The van der Waals surface area contributed by atoms with E-state index in [2.05, 4.69) is 33.8 Å². The van der Waals surface area contributed by atoms with Crippen LogP contribution in [0.3, 0.4) is 0 Å². The zero-order valence-corrected chi connectivity index (χ0v) is 44.6. The minimum atomic E-state index is -1.81.